The smallest absolute Gasteiger partial charge is 0.322 e. The van der Waals surface area contributed by atoms with Crippen LogP contribution in [0.15, 0.2) is 24.3 Å². The standard InChI is InChI=1S/C20H29N3O2/c1-4-19(2,3)15-7-5-14(6-8-15)13-21-16-9-11-20(12-10-16)17(24)22-18(25)23-20/h5-8,16,21H,4,9-13H2,1-3H3,(H2,22,23,24,25). The second-order valence-electron chi connectivity index (χ2n) is 8.08. The van der Waals surface area contributed by atoms with Gasteiger partial charge in [-0.2, -0.15) is 0 Å². The number of hydrogen-bond acceptors (Lipinski definition) is 3. The van der Waals surface area contributed by atoms with Crippen molar-refractivity contribution in [1.82, 2.24) is 16.0 Å². The molecular weight excluding hydrogens is 314 g/mol. The fourth-order valence-corrected chi connectivity index (χ4v) is 3.73. The summed E-state index contributed by atoms with van der Waals surface area (Å²) in [4.78, 5) is 23.4. The summed E-state index contributed by atoms with van der Waals surface area (Å²) in [6.07, 6.45) is 4.32. The molecule has 5 nitrogen and oxygen atoms in total. The second-order valence-corrected chi connectivity index (χ2v) is 8.08. The van der Waals surface area contributed by atoms with Crippen molar-refractivity contribution in [2.75, 3.05) is 0 Å². The first-order valence-corrected chi connectivity index (χ1v) is 9.31. The number of hydrogen-bond donors (Lipinski definition) is 3. The number of urea groups is 1. The predicted octanol–water partition coefficient (Wildman–Crippen LogP) is 2.98. The van der Waals surface area contributed by atoms with Crippen molar-refractivity contribution in [3.05, 3.63) is 35.4 Å². The molecule has 1 aromatic rings. The topological polar surface area (TPSA) is 70.2 Å². The summed E-state index contributed by atoms with van der Waals surface area (Å²) in [5.74, 6) is -0.162. The number of carbonyl (C=O) groups is 2. The number of rotatable bonds is 5. The number of imide groups is 1. The summed E-state index contributed by atoms with van der Waals surface area (Å²) < 4.78 is 0. The highest BCUT2D eigenvalue weighted by Gasteiger charge is 2.47. The van der Waals surface area contributed by atoms with Crippen LogP contribution in [0.1, 0.15) is 64.0 Å². The van der Waals surface area contributed by atoms with E-state index in [-0.39, 0.29) is 17.4 Å². The lowest BCUT2D eigenvalue weighted by Gasteiger charge is -2.35. The molecule has 3 N–H and O–H groups in total. The lowest BCUT2D eigenvalue weighted by atomic mass is 9.79. The van der Waals surface area contributed by atoms with Crippen LogP contribution < -0.4 is 16.0 Å². The third-order valence-corrected chi connectivity index (χ3v) is 6.07. The van der Waals surface area contributed by atoms with Gasteiger partial charge in [0.15, 0.2) is 0 Å². The molecule has 0 radical (unpaired) electrons. The van der Waals surface area contributed by atoms with E-state index in [1.54, 1.807) is 0 Å². The van der Waals surface area contributed by atoms with Crippen LogP contribution in [-0.2, 0) is 16.8 Å². The highest BCUT2D eigenvalue weighted by atomic mass is 16.2. The Morgan fingerprint density at radius 1 is 1.16 bits per heavy atom. The Labute approximate surface area is 150 Å². The molecule has 0 atom stereocenters. The minimum atomic E-state index is -0.664. The summed E-state index contributed by atoms with van der Waals surface area (Å²) in [6, 6.07) is 8.90. The molecule has 1 heterocycles. The van der Waals surface area contributed by atoms with E-state index < -0.39 is 5.54 Å². The van der Waals surface area contributed by atoms with E-state index in [4.69, 9.17) is 0 Å². The van der Waals surface area contributed by atoms with Gasteiger partial charge in [-0.05, 0) is 48.6 Å². The zero-order valence-corrected chi connectivity index (χ0v) is 15.4. The van der Waals surface area contributed by atoms with Gasteiger partial charge in [0.2, 0.25) is 0 Å². The van der Waals surface area contributed by atoms with E-state index >= 15 is 0 Å². The molecule has 5 heteroatoms. The molecule has 136 valence electrons. The number of nitrogens with one attached hydrogen (secondary N) is 3. The minimum Gasteiger partial charge on any atom is -0.323 e. The summed E-state index contributed by atoms with van der Waals surface area (Å²) in [5.41, 5.74) is 2.21. The molecule has 2 aliphatic rings. The Kier molecular flexibility index (Phi) is 4.87. The Morgan fingerprint density at radius 2 is 1.80 bits per heavy atom. The third kappa shape index (κ3) is 3.71. The van der Waals surface area contributed by atoms with Gasteiger partial charge in [0.1, 0.15) is 5.54 Å². The number of carbonyl (C=O) groups excluding carboxylic acids is 2. The Balaban J connectivity index is 1.50. The van der Waals surface area contributed by atoms with Crippen LogP contribution in [0.2, 0.25) is 0 Å². The van der Waals surface area contributed by atoms with Crippen molar-refractivity contribution in [3.63, 3.8) is 0 Å². The van der Waals surface area contributed by atoms with E-state index in [2.05, 4.69) is 61.0 Å². The minimum absolute atomic E-state index is 0.162. The fraction of sp³-hybridized carbons (Fsp3) is 0.600. The maximum Gasteiger partial charge on any atom is 0.322 e. The zero-order valence-electron chi connectivity index (χ0n) is 15.4. The summed E-state index contributed by atoms with van der Waals surface area (Å²) in [7, 11) is 0. The summed E-state index contributed by atoms with van der Waals surface area (Å²) in [5, 5.41) is 8.77. The third-order valence-electron chi connectivity index (χ3n) is 6.07. The molecule has 1 spiro atoms. The number of benzene rings is 1. The molecule has 1 aliphatic heterocycles. The highest BCUT2D eigenvalue weighted by Crippen LogP contribution is 2.31. The largest absolute Gasteiger partial charge is 0.323 e. The second kappa shape index (κ2) is 6.79. The van der Waals surface area contributed by atoms with Gasteiger partial charge in [-0.1, -0.05) is 45.0 Å². The van der Waals surface area contributed by atoms with Gasteiger partial charge in [0.25, 0.3) is 5.91 Å². The van der Waals surface area contributed by atoms with Crippen LogP contribution in [0.3, 0.4) is 0 Å². The quantitative estimate of drug-likeness (QED) is 0.720. The van der Waals surface area contributed by atoms with Crippen molar-refractivity contribution >= 4 is 11.9 Å². The molecule has 0 aromatic heterocycles. The van der Waals surface area contributed by atoms with Crippen LogP contribution in [-0.4, -0.2) is 23.5 Å². The normalized spacial score (nSPS) is 26.6. The van der Waals surface area contributed by atoms with E-state index in [1.165, 1.54) is 11.1 Å². The first-order valence-electron chi connectivity index (χ1n) is 9.31. The molecule has 2 fully saturated rings. The molecule has 0 unspecified atom stereocenters. The molecular formula is C20H29N3O2. The Bertz CT molecular complexity index is 643. The Hall–Kier alpha value is -1.88. The molecule has 3 rings (SSSR count). The van der Waals surface area contributed by atoms with Gasteiger partial charge in [0, 0.05) is 12.6 Å². The first-order chi connectivity index (χ1) is 11.8. The van der Waals surface area contributed by atoms with Crippen LogP contribution >= 0.6 is 0 Å². The van der Waals surface area contributed by atoms with Crippen LogP contribution in [0.5, 0.6) is 0 Å². The van der Waals surface area contributed by atoms with E-state index in [0.29, 0.717) is 18.9 Å². The molecule has 1 aliphatic carbocycles. The lowest BCUT2D eigenvalue weighted by molar-refractivity contribution is -0.125. The maximum atomic E-state index is 12.0. The molecule has 1 saturated carbocycles. The summed E-state index contributed by atoms with van der Waals surface area (Å²) >= 11 is 0. The fourth-order valence-electron chi connectivity index (χ4n) is 3.73. The SMILES string of the molecule is CCC(C)(C)c1ccc(CNC2CCC3(CC2)NC(=O)NC3=O)cc1. The van der Waals surface area contributed by atoms with Gasteiger partial charge >= 0.3 is 6.03 Å². The van der Waals surface area contributed by atoms with Crippen LogP contribution in [0, 0.1) is 0 Å². The van der Waals surface area contributed by atoms with E-state index in [9.17, 15) is 9.59 Å². The molecule has 1 aromatic carbocycles. The van der Waals surface area contributed by atoms with E-state index in [1.807, 2.05) is 0 Å². The number of amides is 3. The van der Waals surface area contributed by atoms with Gasteiger partial charge in [-0.15, -0.1) is 0 Å². The van der Waals surface area contributed by atoms with Crippen molar-refractivity contribution in [2.24, 2.45) is 0 Å². The van der Waals surface area contributed by atoms with Crippen molar-refractivity contribution in [3.8, 4) is 0 Å². The monoisotopic (exact) mass is 343 g/mol. The molecule has 25 heavy (non-hydrogen) atoms. The van der Waals surface area contributed by atoms with E-state index in [0.717, 1.165) is 25.8 Å². The average Bonchev–Trinajstić information content (AvgIpc) is 2.88. The Morgan fingerprint density at radius 3 is 2.32 bits per heavy atom. The molecule has 0 bridgehead atoms. The van der Waals surface area contributed by atoms with Crippen molar-refractivity contribution in [1.29, 1.82) is 0 Å². The average molecular weight is 343 g/mol. The predicted molar refractivity (Wildman–Crippen MR) is 98.3 cm³/mol. The molecule has 3 amide bonds. The van der Waals surface area contributed by atoms with Gasteiger partial charge in [0.05, 0.1) is 0 Å². The van der Waals surface area contributed by atoms with Crippen LogP contribution in [0.4, 0.5) is 4.79 Å². The van der Waals surface area contributed by atoms with Gasteiger partial charge < -0.3 is 10.6 Å². The van der Waals surface area contributed by atoms with Crippen molar-refractivity contribution in [2.45, 2.75) is 76.4 Å². The van der Waals surface area contributed by atoms with Crippen LogP contribution in [0.25, 0.3) is 0 Å². The van der Waals surface area contributed by atoms with Gasteiger partial charge in [-0.3, -0.25) is 10.1 Å². The maximum absolute atomic E-state index is 12.0. The lowest BCUT2D eigenvalue weighted by Crippen LogP contribution is -2.52. The first kappa shape index (κ1) is 17.9. The highest BCUT2D eigenvalue weighted by molar-refractivity contribution is 6.07. The molecule has 1 saturated heterocycles. The van der Waals surface area contributed by atoms with Crippen molar-refractivity contribution < 1.29 is 9.59 Å². The zero-order chi connectivity index (χ0) is 18.1. The van der Waals surface area contributed by atoms with Gasteiger partial charge in [-0.25, -0.2) is 4.79 Å². The summed E-state index contributed by atoms with van der Waals surface area (Å²) in [6.45, 7) is 7.60.